The fraction of sp³-hybridized carbons (Fsp3) is 0.400. The maximum atomic E-state index is 5.91. The van der Waals surface area contributed by atoms with Gasteiger partial charge < -0.3 is 15.0 Å². The minimum absolute atomic E-state index is 0.266. The molecule has 1 unspecified atom stereocenters. The van der Waals surface area contributed by atoms with Gasteiger partial charge in [-0.25, -0.2) is 0 Å². The van der Waals surface area contributed by atoms with E-state index in [1.807, 2.05) is 26.0 Å². The van der Waals surface area contributed by atoms with E-state index in [2.05, 4.69) is 17.3 Å². The molecule has 0 amide bonds. The Bertz CT molecular complexity index is 512. The van der Waals surface area contributed by atoms with Crippen LogP contribution in [-0.2, 0) is 6.42 Å². The van der Waals surface area contributed by atoms with Crippen molar-refractivity contribution in [2.45, 2.75) is 26.2 Å². The van der Waals surface area contributed by atoms with Crippen LogP contribution in [0, 0.1) is 13.8 Å². The lowest BCUT2D eigenvalue weighted by molar-refractivity contribution is 0.392. The molecule has 1 heterocycles. The number of aromatic nitrogens is 1. The monoisotopic (exact) mass is 260 g/mol. The van der Waals surface area contributed by atoms with Gasteiger partial charge in [-0.3, -0.25) is 0 Å². The average Bonchev–Trinajstić information content (AvgIpc) is 2.76. The molecular formula is C15H20N2O2. The van der Waals surface area contributed by atoms with Gasteiger partial charge in [0.15, 0.2) is 0 Å². The van der Waals surface area contributed by atoms with Crippen LogP contribution in [0.15, 0.2) is 28.8 Å². The molecule has 4 heteroatoms. The molecule has 2 rings (SSSR count). The SMILES string of the molecule is COc1ccc(C(CN)Cc2c(C)noc2C)cc1. The number of ether oxygens (including phenoxy) is 1. The topological polar surface area (TPSA) is 61.3 Å². The number of aryl methyl sites for hydroxylation is 2. The van der Waals surface area contributed by atoms with Gasteiger partial charge in [0.2, 0.25) is 0 Å². The van der Waals surface area contributed by atoms with Crippen molar-refractivity contribution in [3.05, 3.63) is 46.8 Å². The molecule has 0 bridgehead atoms. The fourth-order valence-electron chi connectivity index (χ4n) is 2.25. The van der Waals surface area contributed by atoms with Crippen molar-refractivity contribution >= 4 is 0 Å². The van der Waals surface area contributed by atoms with Crippen LogP contribution in [0.5, 0.6) is 5.75 Å². The number of methoxy groups -OCH3 is 1. The summed E-state index contributed by atoms with van der Waals surface area (Å²) in [6.45, 7) is 4.50. The summed E-state index contributed by atoms with van der Waals surface area (Å²) < 4.78 is 10.4. The average molecular weight is 260 g/mol. The molecule has 0 spiro atoms. The second-order valence-corrected chi connectivity index (χ2v) is 4.71. The van der Waals surface area contributed by atoms with E-state index in [-0.39, 0.29) is 5.92 Å². The van der Waals surface area contributed by atoms with Crippen LogP contribution in [0.4, 0.5) is 0 Å². The van der Waals surface area contributed by atoms with Gasteiger partial charge in [-0.05, 0) is 44.5 Å². The molecule has 1 aromatic carbocycles. The number of nitrogens with two attached hydrogens (primary N) is 1. The van der Waals surface area contributed by atoms with Crippen LogP contribution < -0.4 is 10.5 Å². The van der Waals surface area contributed by atoms with Crippen molar-refractivity contribution in [1.82, 2.24) is 5.16 Å². The van der Waals surface area contributed by atoms with Crippen molar-refractivity contribution < 1.29 is 9.26 Å². The maximum absolute atomic E-state index is 5.91. The first-order chi connectivity index (χ1) is 9.15. The van der Waals surface area contributed by atoms with Gasteiger partial charge in [0, 0.05) is 11.5 Å². The van der Waals surface area contributed by atoms with Gasteiger partial charge in [-0.2, -0.15) is 0 Å². The summed E-state index contributed by atoms with van der Waals surface area (Å²) in [6.07, 6.45) is 0.851. The number of hydrogen-bond donors (Lipinski definition) is 1. The van der Waals surface area contributed by atoms with Crippen LogP contribution in [0.1, 0.15) is 28.5 Å². The normalized spacial score (nSPS) is 12.4. The molecule has 102 valence electrons. The zero-order valence-electron chi connectivity index (χ0n) is 11.6. The molecule has 0 aliphatic heterocycles. The Kier molecular flexibility index (Phi) is 4.22. The molecule has 1 atom stereocenters. The molecule has 2 aromatic rings. The van der Waals surface area contributed by atoms with Crippen molar-refractivity contribution in [2.75, 3.05) is 13.7 Å². The van der Waals surface area contributed by atoms with Gasteiger partial charge in [0.25, 0.3) is 0 Å². The summed E-state index contributed by atoms with van der Waals surface area (Å²) in [5.74, 6) is 2.00. The van der Waals surface area contributed by atoms with E-state index in [0.29, 0.717) is 6.54 Å². The lowest BCUT2D eigenvalue weighted by atomic mass is 9.91. The lowest BCUT2D eigenvalue weighted by Gasteiger charge is -2.15. The molecular weight excluding hydrogens is 240 g/mol. The number of rotatable bonds is 5. The molecule has 0 aliphatic carbocycles. The highest BCUT2D eigenvalue weighted by Crippen LogP contribution is 2.25. The lowest BCUT2D eigenvalue weighted by Crippen LogP contribution is -2.15. The molecule has 19 heavy (non-hydrogen) atoms. The minimum atomic E-state index is 0.266. The molecule has 0 radical (unpaired) electrons. The minimum Gasteiger partial charge on any atom is -0.497 e. The quantitative estimate of drug-likeness (QED) is 0.897. The van der Waals surface area contributed by atoms with E-state index < -0.39 is 0 Å². The molecule has 0 fully saturated rings. The predicted molar refractivity (Wildman–Crippen MR) is 74.5 cm³/mol. The fourth-order valence-corrected chi connectivity index (χ4v) is 2.25. The van der Waals surface area contributed by atoms with E-state index in [1.165, 1.54) is 5.56 Å². The first kappa shape index (κ1) is 13.6. The Morgan fingerprint density at radius 2 is 1.95 bits per heavy atom. The van der Waals surface area contributed by atoms with Crippen molar-refractivity contribution in [2.24, 2.45) is 5.73 Å². The van der Waals surface area contributed by atoms with E-state index in [9.17, 15) is 0 Å². The second-order valence-electron chi connectivity index (χ2n) is 4.71. The van der Waals surface area contributed by atoms with E-state index >= 15 is 0 Å². The smallest absolute Gasteiger partial charge is 0.137 e. The molecule has 4 nitrogen and oxygen atoms in total. The largest absolute Gasteiger partial charge is 0.497 e. The summed E-state index contributed by atoms with van der Waals surface area (Å²) in [6, 6.07) is 8.06. The van der Waals surface area contributed by atoms with Gasteiger partial charge >= 0.3 is 0 Å². The van der Waals surface area contributed by atoms with E-state index in [1.54, 1.807) is 7.11 Å². The van der Waals surface area contributed by atoms with Crippen molar-refractivity contribution in [3.8, 4) is 5.75 Å². The third kappa shape index (κ3) is 2.96. The molecule has 0 aliphatic rings. The van der Waals surface area contributed by atoms with Gasteiger partial charge in [0.05, 0.1) is 12.8 Å². The van der Waals surface area contributed by atoms with Crippen LogP contribution in [0.25, 0.3) is 0 Å². The standard InChI is InChI=1S/C15H20N2O2/c1-10-15(11(2)19-17-10)8-13(9-16)12-4-6-14(18-3)7-5-12/h4-7,13H,8-9,16H2,1-3H3. The number of benzene rings is 1. The highest BCUT2D eigenvalue weighted by molar-refractivity contribution is 5.32. The number of hydrogen-bond acceptors (Lipinski definition) is 4. The molecule has 0 saturated heterocycles. The highest BCUT2D eigenvalue weighted by atomic mass is 16.5. The first-order valence-electron chi connectivity index (χ1n) is 6.41. The van der Waals surface area contributed by atoms with Crippen LogP contribution in [0.2, 0.25) is 0 Å². The third-order valence-electron chi connectivity index (χ3n) is 3.50. The Morgan fingerprint density at radius 3 is 2.42 bits per heavy atom. The Labute approximate surface area is 113 Å². The maximum Gasteiger partial charge on any atom is 0.137 e. The zero-order valence-corrected chi connectivity index (χ0v) is 11.6. The molecule has 1 aromatic heterocycles. The van der Waals surface area contributed by atoms with Crippen molar-refractivity contribution in [1.29, 1.82) is 0 Å². The van der Waals surface area contributed by atoms with Crippen molar-refractivity contribution in [3.63, 3.8) is 0 Å². The third-order valence-corrected chi connectivity index (χ3v) is 3.50. The summed E-state index contributed by atoms with van der Waals surface area (Å²) in [7, 11) is 1.67. The van der Waals surface area contributed by atoms with E-state index in [4.69, 9.17) is 15.0 Å². The number of nitrogens with zero attached hydrogens (tertiary/aromatic N) is 1. The van der Waals surface area contributed by atoms with Crippen LogP contribution >= 0.6 is 0 Å². The molecule has 2 N–H and O–H groups in total. The second kappa shape index (κ2) is 5.89. The Morgan fingerprint density at radius 1 is 1.26 bits per heavy atom. The summed E-state index contributed by atoms with van der Waals surface area (Å²) >= 11 is 0. The summed E-state index contributed by atoms with van der Waals surface area (Å²) in [5.41, 5.74) is 9.23. The zero-order chi connectivity index (χ0) is 13.8. The van der Waals surface area contributed by atoms with E-state index in [0.717, 1.165) is 29.2 Å². The predicted octanol–water partition coefficient (Wildman–Crippen LogP) is 2.59. The summed E-state index contributed by atoms with van der Waals surface area (Å²) in [5, 5.41) is 3.99. The highest BCUT2D eigenvalue weighted by Gasteiger charge is 2.16. The Balaban J connectivity index is 2.20. The first-order valence-corrected chi connectivity index (χ1v) is 6.41. The van der Waals surface area contributed by atoms with Gasteiger partial charge in [0.1, 0.15) is 11.5 Å². The van der Waals surface area contributed by atoms with Crippen LogP contribution in [-0.4, -0.2) is 18.8 Å². The summed E-state index contributed by atoms with van der Waals surface area (Å²) in [4.78, 5) is 0. The molecule has 0 saturated carbocycles. The Hall–Kier alpha value is -1.81. The van der Waals surface area contributed by atoms with Gasteiger partial charge in [-0.15, -0.1) is 0 Å². The van der Waals surface area contributed by atoms with Gasteiger partial charge in [-0.1, -0.05) is 17.3 Å². The van der Waals surface area contributed by atoms with Crippen LogP contribution in [0.3, 0.4) is 0 Å².